The Kier molecular flexibility index (Phi) is 7.54. The predicted molar refractivity (Wildman–Crippen MR) is 153 cm³/mol. The molecule has 3 fully saturated rings. The van der Waals surface area contributed by atoms with E-state index in [1.54, 1.807) is 4.90 Å². The van der Waals surface area contributed by atoms with E-state index in [4.69, 9.17) is 26.1 Å². The van der Waals surface area contributed by atoms with Gasteiger partial charge in [-0.2, -0.15) is 0 Å². The van der Waals surface area contributed by atoms with Crippen LogP contribution in [0.25, 0.3) is 22.3 Å². The average Bonchev–Trinajstić information content (AvgIpc) is 3.66. The van der Waals surface area contributed by atoms with E-state index in [1.807, 2.05) is 27.7 Å². The van der Waals surface area contributed by atoms with E-state index < -0.39 is 11.9 Å². The summed E-state index contributed by atoms with van der Waals surface area (Å²) in [5, 5.41) is 14.3. The van der Waals surface area contributed by atoms with Crippen LogP contribution in [-0.2, 0) is 9.47 Å². The molecule has 3 aromatic rings. The summed E-state index contributed by atoms with van der Waals surface area (Å²) < 4.78 is 26.8. The zero-order valence-corrected chi connectivity index (χ0v) is 24.4. The quantitative estimate of drug-likeness (QED) is 0.352. The fraction of sp³-hybridized carbons (Fsp3) is 0.586. The summed E-state index contributed by atoms with van der Waals surface area (Å²) in [4.78, 5) is 31.2. The summed E-state index contributed by atoms with van der Waals surface area (Å²) in [6.45, 7) is 8.69. The number of hydrogen-bond donors (Lipinski definition) is 3. The van der Waals surface area contributed by atoms with Crippen LogP contribution in [-0.4, -0.2) is 79.6 Å². The second kappa shape index (κ2) is 11.0. The average molecular weight is 587 g/mol. The maximum atomic E-state index is 15.7. The number of hydrogen-bond acceptors (Lipinski definition) is 8. The highest BCUT2D eigenvalue weighted by Crippen LogP contribution is 2.40. The zero-order valence-electron chi connectivity index (χ0n) is 23.7. The van der Waals surface area contributed by atoms with Crippen molar-refractivity contribution in [3.8, 4) is 11.3 Å². The van der Waals surface area contributed by atoms with Crippen LogP contribution in [0.3, 0.4) is 0 Å². The number of halogens is 2. The maximum Gasteiger partial charge on any atom is 0.410 e. The summed E-state index contributed by atoms with van der Waals surface area (Å²) in [7, 11) is 0. The highest BCUT2D eigenvalue weighted by Gasteiger charge is 2.42. The Bertz CT molecular complexity index is 1460. The van der Waals surface area contributed by atoms with Gasteiger partial charge in [-0.25, -0.2) is 24.1 Å². The number of anilines is 1. The van der Waals surface area contributed by atoms with Crippen LogP contribution < -0.4 is 5.32 Å². The maximum absolute atomic E-state index is 15.7. The van der Waals surface area contributed by atoms with Gasteiger partial charge in [0.2, 0.25) is 5.95 Å². The number of nitrogens with one attached hydrogen (secondary N) is 2. The number of aliphatic hydroxyl groups is 1. The van der Waals surface area contributed by atoms with Crippen molar-refractivity contribution in [2.24, 2.45) is 0 Å². The van der Waals surface area contributed by atoms with Gasteiger partial charge >= 0.3 is 6.09 Å². The Labute approximate surface area is 243 Å². The van der Waals surface area contributed by atoms with Crippen molar-refractivity contribution in [2.75, 3.05) is 18.4 Å². The van der Waals surface area contributed by atoms with E-state index in [0.29, 0.717) is 59.5 Å². The van der Waals surface area contributed by atoms with Crippen molar-refractivity contribution >= 4 is 34.7 Å². The third-order valence-corrected chi connectivity index (χ3v) is 8.57. The number of carbonyl (C=O) groups is 1. The molecule has 12 heteroatoms. The number of carbonyl (C=O) groups excluding carboxylic acids is 1. The largest absolute Gasteiger partial charge is 0.447 e. The molecule has 5 atom stereocenters. The summed E-state index contributed by atoms with van der Waals surface area (Å²) in [6.07, 6.45) is 3.32. The first-order chi connectivity index (χ1) is 19.6. The molecule has 0 spiro atoms. The lowest BCUT2D eigenvalue weighted by Gasteiger charge is -2.34. The third-order valence-electron chi connectivity index (χ3n) is 8.29. The fourth-order valence-corrected chi connectivity index (χ4v) is 6.55. The van der Waals surface area contributed by atoms with Crippen LogP contribution in [0.15, 0.2) is 12.3 Å². The smallest absolute Gasteiger partial charge is 0.410 e. The number of likely N-dealkylation sites (tertiary alicyclic amines) is 1. The molecule has 0 radical (unpaired) electrons. The van der Waals surface area contributed by atoms with Crippen molar-refractivity contribution in [1.29, 1.82) is 0 Å². The van der Waals surface area contributed by atoms with Crippen molar-refractivity contribution in [3.05, 3.63) is 34.5 Å². The second-order valence-corrected chi connectivity index (χ2v) is 12.3. The van der Waals surface area contributed by atoms with Crippen molar-refractivity contribution in [1.82, 2.24) is 24.8 Å². The molecule has 6 rings (SSSR count). The molecule has 10 nitrogen and oxygen atoms in total. The normalized spacial score (nSPS) is 26.0. The molecule has 1 amide bonds. The molecule has 3 aliphatic rings. The number of H-pyrrole nitrogens is 1. The number of amides is 1. The molecular weight excluding hydrogens is 551 g/mol. The standard InChI is InChI=1S/C29H36ClFN6O4/c1-13(2)22-17(23-18(30)11-32-28(36-23)33-20-9-16-5-6-21(41-16)26(20)38)10-19(31)24-25(22)35-27(34-24)15-7-8-37(12-15)29(39)40-14(3)4/h10-11,13-16,20-21,26,38H,5-9,12H2,1-4H3,(H,34,35)(H,32,33,36)/t15-,16-,20-,21+,26+/m1/s1. The SMILES string of the molecule is CC(C)OC(=O)N1CC[C@@H](c2nc3c(F)cc(-c4nc(N[C@@H]5C[C@H]6CC[C@H](O6)[C@H]5O)ncc4Cl)c(C(C)C)c3[nH]2)C1. The molecule has 5 heterocycles. The van der Waals surface area contributed by atoms with Crippen molar-refractivity contribution < 1.29 is 23.8 Å². The molecule has 3 aliphatic heterocycles. The van der Waals surface area contributed by atoms with Crippen LogP contribution in [0.2, 0.25) is 5.02 Å². The van der Waals surface area contributed by atoms with E-state index in [9.17, 15) is 9.90 Å². The van der Waals surface area contributed by atoms with Crippen LogP contribution in [0.4, 0.5) is 15.1 Å². The zero-order chi connectivity index (χ0) is 29.0. The number of imidazole rings is 1. The molecule has 2 bridgehead atoms. The first-order valence-corrected chi connectivity index (χ1v) is 14.8. The Morgan fingerprint density at radius 3 is 2.83 bits per heavy atom. The van der Waals surface area contributed by atoms with Crippen LogP contribution in [0, 0.1) is 5.82 Å². The molecule has 41 heavy (non-hydrogen) atoms. The summed E-state index contributed by atoms with van der Waals surface area (Å²) in [5.74, 6) is 0.380. The van der Waals surface area contributed by atoms with Gasteiger partial charge in [-0.3, -0.25) is 0 Å². The Morgan fingerprint density at radius 2 is 2.07 bits per heavy atom. The van der Waals surface area contributed by atoms with E-state index >= 15 is 4.39 Å². The van der Waals surface area contributed by atoms with Gasteiger partial charge in [0.25, 0.3) is 0 Å². The summed E-state index contributed by atoms with van der Waals surface area (Å²) in [6, 6.07) is 1.18. The molecule has 0 aliphatic carbocycles. The van der Waals surface area contributed by atoms with E-state index in [-0.39, 0.29) is 47.8 Å². The van der Waals surface area contributed by atoms with E-state index in [2.05, 4.69) is 20.3 Å². The Morgan fingerprint density at radius 1 is 1.27 bits per heavy atom. The van der Waals surface area contributed by atoms with Gasteiger partial charge in [-0.1, -0.05) is 25.4 Å². The molecule has 1 aromatic carbocycles. The first-order valence-electron chi connectivity index (χ1n) is 14.4. The number of aromatic amines is 1. The van der Waals surface area contributed by atoms with Crippen molar-refractivity contribution in [2.45, 2.75) is 95.7 Å². The monoisotopic (exact) mass is 586 g/mol. The number of rotatable bonds is 6. The van der Waals surface area contributed by atoms with Gasteiger partial charge in [0, 0.05) is 24.6 Å². The minimum absolute atomic E-state index is 0.0159. The number of ether oxygens (including phenoxy) is 2. The molecule has 0 unspecified atom stereocenters. The highest BCUT2D eigenvalue weighted by molar-refractivity contribution is 6.33. The topological polar surface area (TPSA) is 125 Å². The fourth-order valence-electron chi connectivity index (χ4n) is 6.36. The molecule has 3 saturated heterocycles. The van der Waals surface area contributed by atoms with E-state index in [1.165, 1.54) is 12.3 Å². The summed E-state index contributed by atoms with van der Waals surface area (Å²) >= 11 is 6.61. The van der Waals surface area contributed by atoms with Gasteiger partial charge in [-0.05, 0) is 57.1 Å². The molecule has 2 aromatic heterocycles. The highest BCUT2D eigenvalue weighted by atomic mass is 35.5. The number of aliphatic hydroxyl groups excluding tert-OH is 1. The second-order valence-electron chi connectivity index (χ2n) is 11.9. The van der Waals surface area contributed by atoms with Gasteiger partial charge in [0.15, 0.2) is 5.82 Å². The molecule has 3 N–H and O–H groups in total. The number of benzene rings is 1. The van der Waals surface area contributed by atoms with E-state index in [0.717, 1.165) is 18.4 Å². The number of nitrogens with zero attached hydrogens (tertiary/aromatic N) is 4. The lowest BCUT2D eigenvalue weighted by molar-refractivity contribution is -0.0811. The number of aromatic nitrogens is 4. The van der Waals surface area contributed by atoms with Gasteiger partial charge in [0.1, 0.15) is 17.4 Å². The summed E-state index contributed by atoms with van der Waals surface area (Å²) in [5.41, 5.74) is 2.63. The van der Waals surface area contributed by atoms with Gasteiger partial charge < -0.3 is 29.8 Å². The van der Waals surface area contributed by atoms with Gasteiger partial charge in [-0.15, -0.1) is 0 Å². The van der Waals surface area contributed by atoms with Crippen molar-refractivity contribution in [3.63, 3.8) is 0 Å². The molecule has 220 valence electrons. The Hall–Kier alpha value is -3.02. The minimum atomic E-state index is -0.668. The lowest BCUT2D eigenvalue weighted by atomic mass is 9.93. The predicted octanol–water partition coefficient (Wildman–Crippen LogP) is 5.36. The first kappa shape index (κ1) is 28.1. The van der Waals surface area contributed by atoms with Gasteiger partial charge in [0.05, 0.1) is 46.8 Å². The van der Waals surface area contributed by atoms with Crippen LogP contribution >= 0.6 is 11.6 Å². The molecular formula is C29H36ClFN6O4. The third kappa shape index (κ3) is 5.35. The number of fused-ring (bicyclic) bond motifs is 3. The Balaban J connectivity index is 1.33. The lowest BCUT2D eigenvalue weighted by Crippen LogP contribution is -2.47. The molecule has 0 saturated carbocycles. The van der Waals surface area contributed by atoms with Crippen LogP contribution in [0.1, 0.15) is 76.6 Å². The minimum Gasteiger partial charge on any atom is -0.447 e. The van der Waals surface area contributed by atoms with Crippen LogP contribution in [0.5, 0.6) is 0 Å².